The maximum atomic E-state index is 2.38. The molecule has 1 atom stereocenters. The Kier molecular flexibility index (Phi) is 6.45. The summed E-state index contributed by atoms with van der Waals surface area (Å²) in [4.78, 5) is 2.38. The Morgan fingerprint density at radius 1 is 1.25 bits per heavy atom. The van der Waals surface area contributed by atoms with E-state index in [2.05, 4.69) is 25.9 Å². The largest absolute Gasteiger partial charge is 0.306 e. The fourth-order valence-corrected chi connectivity index (χ4v) is 1.94. The van der Waals surface area contributed by atoms with Crippen LogP contribution in [0.5, 0.6) is 0 Å². The van der Waals surface area contributed by atoms with Crippen molar-refractivity contribution in [2.75, 3.05) is 14.1 Å². The summed E-state index contributed by atoms with van der Waals surface area (Å²) in [6.45, 7) is 6.29. The summed E-state index contributed by atoms with van der Waals surface area (Å²) in [5, 5.41) is 0. The third kappa shape index (κ3) is 3.14. The van der Waals surface area contributed by atoms with Crippen LogP contribution in [-0.2, 0) is 0 Å². The minimum Gasteiger partial charge on any atom is -0.306 e. The molecule has 1 nitrogen and oxygen atoms in total. The maximum absolute atomic E-state index is 2.38. The monoisotopic (exact) mass is 171 g/mol. The van der Waals surface area contributed by atoms with Crippen LogP contribution in [0.4, 0.5) is 0 Å². The predicted octanol–water partition coefficient (Wildman–Crippen LogP) is 3.15. The molecule has 1 unspecified atom stereocenters. The lowest BCUT2D eigenvalue weighted by Gasteiger charge is -2.37. The van der Waals surface area contributed by atoms with Crippen molar-refractivity contribution in [3.63, 3.8) is 0 Å². The van der Waals surface area contributed by atoms with Gasteiger partial charge in [-0.15, -0.1) is 0 Å². The molecule has 74 valence electrons. The molecule has 0 amide bonds. The first kappa shape index (κ1) is 12.0. The fraction of sp³-hybridized carbons (Fsp3) is 1.00. The Bertz CT molecular complexity index is 95.2. The highest BCUT2D eigenvalue weighted by Crippen LogP contribution is 2.32. The second-order valence-electron chi connectivity index (χ2n) is 3.63. The van der Waals surface area contributed by atoms with Gasteiger partial charge in [-0.1, -0.05) is 27.2 Å². The van der Waals surface area contributed by atoms with Crippen molar-refractivity contribution in [3.8, 4) is 0 Å². The zero-order chi connectivity index (χ0) is 9.56. The second kappa shape index (κ2) is 6.47. The molecule has 1 fully saturated rings. The van der Waals surface area contributed by atoms with Gasteiger partial charge in [0, 0.05) is 6.04 Å². The molecule has 1 saturated carbocycles. The lowest BCUT2D eigenvalue weighted by Crippen LogP contribution is -2.37. The van der Waals surface area contributed by atoms with Crippen LogP contribution >= 0.6 is 0 Å². The first-order valence-corrected chi connectivity index (χ1v) is 5.42. The normalized spacial score (nSPS) is 19.5. The molecular formula is C11H25N. The van der Waals surface area contributed by atoms with Gasteiger partial charge in [0.05, 0.1) is 0 Å². The highest BCUT2D eigenvalue weighted by atomic mass is 15.1. The molecule has 0 aliphatic heterocycles. The van der Waals surface area contributed by atoms with Gasteiger partial charge in [-0.05, 0) is 39.3 Å². The Morgan fingerprint density at radius 3 is 1.83 bits per heavy atom. The van der Waals surface area contributed by atoms with Crippen LogP contribution in [0.3, 0.4) is 0 Å². The zero-order valence-corrected chi connectivity index (χ0v) is 9.43. The lowest BCUT2D eigenvalue weighted by atomic mass is 9.78. The van der Waals surface area contributed by atoms with Crippen LogP contribution in [0.15, 0.2) is 0 Å². The number of rotatable bonds is 3. The lowest BCUT2D eigenvalue weighted by molar-refractivity contribution is 0.137. The molecule has 0 radical (unpaired) electrons. The van der Waals surface area contributed by atoms with Gasteiger partial charge in [0.2, 0.25) is 0 Å². The van der Waals surface area contributed by atoms with E-state index in [4.69, 9.17) is 0 Å². The summed E-state index contributed by atoms with van der Waals surface area (Å²) in [6, 6.07) is 0.855. The van der Waals surface area contributed by atoms with Crippen molar-refractivity contribution < 1.29 is 0 Å². The molecule has 0 heterocycles. The zero-order valence-electron chi connectivity index (χ0n) is 9.43. The van der Waals surface area contributed by atoms with E-state index in [1.807, 2.05) is 13.8 Å². The molecule has 1 rings (SSSR count). The van der Waals surface area contributed by atoms with Gasteiger partial charge in [-0.25, -0.2) is 0 Å². The van der Waals surface area contributed by atoms with Gasteiger partial charge in [-0.3, -0.25) is 0 Å². The summed E-state index contributed by atoms with van der Waals surface area (Å²) in [5.74, 6) is 1.01. The first-order valence-electron chi connectivity index (χ1n) is 5.42. The molecule has 0 bridgehead atoms. The maximum Gasteiger partial charge on any atom is 0.0115 e. The van der Waals surface area contributed by atoms with Crippen molar-refractivity contribution in [1.82, 2.24) is 4.90 Å². The molecule has 1 heteroatoms. The number of hydrogen-bond donors (Lipinski definition) is 0. The summed E-state index contributed by atoms with van der Waals surface area (Å²) >= 11 is 0. The van der Waals surface area contributed by atoms with E-state index >= 15 is 0 Å². The van der Waals surface area contributed by atoms with Gasteiger partial charge in [0.1, 0.15) is 0 Å². The molecule has 0 saturated heterocycles. The minimum absolute atomic E-state index is 0.855. The molecule has 12 heavy (non-hydrogen) atoms. The minimum atomic E-state index is 0.855. The van der Waals surface area contributed by atoms with Gasteiger partial charge >= 0.3 is 0 Å². The predicted molar refractivity (Wildman–Crippen MR) is 56.5 cm³/mol. The van der Waals surface area contributed by atoms with Crippen LogP contribution in [0.2, 0.25) is 0 Å². The van der Waals surface area contributed by atoms with Gasteiger partial charge in [-0.2, -0.15) is 0 Å². The van der Waals surface area contributed by atoms with E-state index < -0.39 is 0 Å². The smallest absolute Gasteiger partial charge is 0.0115 e. The fourth-order valence-electron chi connectivity index (χ4n) is 1.94. The summed E-state index contributed by atoms with van der Waals surface area (Å²) in [6.07, 6.45) is 5.72. The van der Waals surface area contributed by atoms with E-state index in [1.165, 1.54) is 25.7 Å². The number of hydrogen-bond acceptors (Lipinski definition) is 1. The highest BCUT2D eigenvalue weighted by Gasteiger charge is 2.26. The third-order valence-electron chi connectivity index (χ3n) is 2.78. The third-order valence-corrected chi connectivity index (χ3v) is 2.78. The molecular weight excluding hydrogens is 146 g/mol. The first-order chi connectivity index (χ1) is 5.75. The summed E-state index contributed by atoms with van der Waals surface area (Å²) in [5.41, 5.74) is 0. The quantitative estimate of drug-likeness (QED) is 0.630. The van der Waals surface area contributed by atoms with Crippen LogP contribution in [0.25, 0.3) is 0 Å². The van der Waals surface area contributed by atoms with E-state index in [0.717, 1.165) is 12.0 Å². The molecule has 0 N–H and O–H groups in total. The summed E-state index contributed by atoms with van der Waals surface area (Å²) < 4.78 is 0. The van der Waals surface area contributed by atoms with E-state index in [9.17, 15) is 0 Å². The van der Waals surface area contributed by atoms with Crippen LogP contribution in [-0.4, -0.2) is 25.0 Å². The average Bonchev–Trinajstić information content (AvgIpc) is 1.99. The molecule has 0 aromatic carbocycles. The van der Waals surface area contributed by atoms with Gasteiger partial charge in [0.15, 0.2) is 0 Å². The standard InChI is InChI=1S/C9H19N.C2H6/c1-4-9(10(2)3)8-6-5-7-8;1-2/h8-9H,4-7H2,1-3H3;1-2H3. The molecule has 0 aromatic heterocycles. The van der Waals surface area contributed by atoms with Crippen molar-refractivity contribution in [3.05, 3.63) is 0 Å². The van der Waals surface area contributed by atoms with Crippen LogP contribution in [0.1, 0.15) is 46.5 Å². The second-order valence-corrected chi connectivity index (χ2v) is 3.63. The molecule has 1 aliphatic carbocycles. The Labute approximate surface area is 78.1 Å². The number of nitrogens with zero attached hydrogens (tertiary/aromatic N) is 1. The Morgan fingerprint density at radius 2 is 1.75 bits per heavy atom. The average molecular weight is 171 g/mol. The van der Waals surface area contributed by atoms with Crippen LogP contribution < -0.4 is 0 Å². The SMILES string of the molecule is CC.CCC(C1CCC1)N(C)C. The van der Waals surface area contributed by atoms with Crippen LogP contribution in [0, 0.1) is 5.92 Å². The Balaban J connectivity index is 0.000000561. The molecule has 1 aliphatic rings. The molecule has 0 spiro atoms. The van der Waals surface area contributed by atoms with Crippen molar-refractivity contribution in [2.24, 2.45) is 5.92 Å². The molecule has 0 aromatic rings. The topological polar surface area (TPSA) is 3.24 Å². The highest BCUT2D eigenvalue weighted by molar-refractivity contribution is 4.81. The van der Waals surface area contributed by atoms with E-state index in [1.54, 1.807) is 0 Å². The van der Waals surface area contributed by atoms with Crippen molar-refractivity contribution in [2.45, 2.75) is 52.5 Å². The van der Waals surface area contributed by atoms with E-state index in [0.29, 0.717) is 0 Å². The van der Waals surface area contributed by atoms with Gasteiger partial charge < -0.3 is 4.90 Å². The Hall–Kier alpha value is -0.0400. The van der Waals surface area contributed by atoms with Crippen molar-refractivity contribution >= 4 is 0 Å². The van der Waals surface area contributed by atoms with Crippen molar-refractivity contribution in [1.29, 1.82) is 0 Å². The summed E-state index contributed by atoms with van der Waals surface area (Å²) in [7, 11) is 4.40. The van der Waals surface area contributed by atoms with E-state index in [-0.39, 0.29) is 0 Å². The van der Waals surface area contributed by atoms with Gasteiger partial charge in [0.25, 0.3) is 0 Å².